The smallest absolute Gasteiger partial charge is 0.0991 e. The Hall–Kier alpha value is -1.31. The Morgan fingerprint density at radius 2 is 1.71 bits per heavy atom. The lowest BCUT2D eigenvalue weighted by Crippen LogP contribution is -2.29. The maximum absolute atomic E-state index is 7.94. The lowest BCUT2D eigenvalue weighted by atomic mass is 10.0. The van der Waals surface area contributed by atoms with E-state index in [-0.39, 0.29) is 0 Å². The highest BCUT2D eigenvalue weighted by Gasteiger charge is 2.25. The lowest BCUT2D eigenvalue weighted by molar-refractivity contribution is 0.546. The van der Waals surface area contributed by atoms with Crippen molar-refractivity contribution in [3.8, 4) is 0 Å². The molecule has 14 heavy (non-hydrogen) atoms. The second-order valence-corrected chi connectivity index (χ2v) is 4.15. The van der Waals surface area contributed by atoms with E-state index in [1.165, 1.54) is 11.1 Å². The van der Waals surface area contributed by atoms with Gasteiger partial charge in [0, 0.05) is 20.0 Å². The molecule has 1 aromatic rings. The van der Waals surface area contributed by atoms with Crippen LogP contribution in [0.2, 0.25) is 0 Å². The molecule has 0 radical (unpaired) electrons. The van der Waals surface area contributed by atoms with E-state index in [0.29, 0.717) is 5.92 Å². The van der Waals surface area contributed by atoms with Crippen LogP contribution in [0.1, 0.15) is 11.1 Å². The van der Waals surface area contributed by atoms with Crippen LogP contribution < -0.4 is 0 Å². The number of amidine groups is 1. The SMILES string of the molecule is CN(C)C(=N)C1Cc2ccccc2C1. The monoisotopic (exact) mass is 188 g/mol. The van der Waals surface area contributed by atoms with Gasteiger partial charge in [0.25, 0.3) is 0 Å². The van der Waals surface area contributed by atoms with Gasteiger partial charge in [0.2, 0.25) is 0 Å². The normalized spacial score (nSPS) is 15.3. The van der Waals surface area contributed by atoms with Crippen molar-refractivity contribution in [1.29, 1.82) is 5.41 Å². The summed E-state index contributed by atoms with van der Waals surface area (Å²) in [6.07, 6.45) is 2.07. The third kappa shape index (κ3) is 1.52. The summed E-state index contributed by atoms with van der Waals surface area (Å²) >= 11 is 0. The first-order valence-electron chi connectivity index (χ1n) is 5.01. The Bertz CT molecular complexity index is 330. The quantitative estimate of drug-likeness (QED) is 0.529. The second kappa shape index (κ2) is 3.45. The topological polar surface area (TPSA) is 27.1 Å². The van der Waals surface area contributed by atoms with Gasteiger partial charge in [0.1, 0.15) is 0 Å². The summed E-state index contributed by atoms with van der Waals surface area (Å²) in [6.45, 7) is 0. The average Bonchev–Trinajstić information content (AvgIpc) is 2.59. The van der Waals surface area contributed by atoms with Crippen molar-refractivity contribution in [3.63, 3.8) is 0 Å². The van der Waals surface area contributed by atoms with Crippen LogP contribution in [0.5, 0.6) is 0 Å². The molecule has 0 aliphatic heterocycles. The molecule has 2 heteroatoms. The molecule has 0 bridgehead atoms. The highest BCUT2D eigenvalue weighted by molar-refractivity contribution is 5.82. The van der Waals surface area contributed by atoms with Crippen LogP contribution in [0.15, 0.2) is 24.3 Å². The van der Waals surface area contributed by atoms with Gasteiger partial charge in [-0.2, -0.15) is 0 Å². The van der Waals surface area contributed by atoms with E-state index in [9.17, 15) is 0 Å². The van der Waals surface area contributed by atoms with Crippen molar-refractivity contribution < 1.29 is 0 Å². The number of nitrogens with one attached hydrogen (secondary N) is 1. The molecule has 2 nitrogen and oxygen atoms in total. The summed E-state index contributed by atoms with van der Waals surface area (Å²) < 4.78 is 0. The number of rotatable bonds is 1. The molecule has 74 valence electrons. The van der Waals surface area contributed by atoms with Crippen molar-refractivity contribution in [2.75, 3.05) is 14.1 Å². The molecule has 0 atom stereocenters. The van der Waals surface area contributed by atoms with Gasteiger partial charge < -0.3 is 4.90 Å². The molecule has 1 N–H and O–H groups in total. The molecular formula is C12H16N2. The van der Waals surface area contributed by atoms with Crippen LogP contribution in [-0.2, 0) is 12.8 Å². The zero-order chi connectivity index (χ0) is 10.1. The molecule has 0 amide bonds. The van der Waals surface area contributed by atoms with Crippen molar-refractivity contribution in [1.82, 2.24) is 4.90 Å². The number of fused-ring (bicyclic) bond motifs is 1. The first-order valence-corrected chi connectivity index (χ1v) is 5.01. The molecular weight excluding hydrogens is 172 g/mol. The van der Waals surface area contributed by atoms with Gasteiger partial charge >= 0.3 is 0 Å². The summed E-state index contributed by atoms with van der Waals surface area (Å²) in [5.74, 6) is 1.14. The molecule has 0 fully saturated rings. The van der Waals surface area contributed by atoms with Crippen molar-refractivity contribution >= 4 is 5.84 Å². The van der Waals surface area contributed by atoms with Crippen LogP contribution >= 0.6 is 0 Å². The van der Waals surface area contributed by atoms with E-state index in [0.717, 1.165) is 18.7 Å². The molecule has 2 rings (SSSR count). The fourth-order valence-electron chi connectivity index (χ4n) is 2.12. The van der Waals surface area contributed by atoms with Crippen LogP contribution in [0.4, 0.5) is 0 Å². The van der Waals surface area contributed by atoms with Gasteiger partial charge in [0.05, 0.1) is 5.84 Å². The zero-order valence-electron chi connectivity index (χ0n) is 8.75. The third-order valence-corrected chi connectivity index (χ3v) is 2.92. The van der Waals surface area contributed by atoms with E-state index < -0.39 is 0 Å². The summed E-state index contributed by atoms with van der Waals surface area (Å²) in [5, 5.41) is 7.94. The predicted octanol–water partition coefficient (Wildman–Crippen LogP) is 1.94. The van der Waals surface area contributed by atoms with Crippen LogP contribution in [0.25, 0.3) is 0 Å². The van der Waals surface area contributed by atoms with Crippen molar-refractivity contribution in [3.05, 3.63) is 35.4 Å². The van der Waals surface area contributed by atoms with Crippen LogP contribution in [-0.4, -0.2) is 24.8 Å². The van der Waals surface area contributed by atoms with Crippen LogP contribution in [0, 0.1) is 11.3 Å². The standard InChI is InChI=1S/C12H16N2/c1-14(2)12(13)11-7-9-5-3-4-6-10(9)8-11/h3-6,11,13H,7-8H2,1-2H3. The molecule has 1 aliphatic carbocycles. The molecule has 0 spiro atoms. The molecule has 0 unspecified atom stereocenters. The highest BCUT2D eigenvalue weighted by atomic mass is 15.1. The lowest BCUT2D eigenvalue weighted by Gasteiger charge is -2.18. The van der Waals surface area contributed by atoms with Crippen LogP contribution in [0.3, 0.4) is 0 Å². The number of benzene rings is 1. The Labute approximate surface area is 85.1 Å². The molecule has 1 aromatic carbocycles. The minimum Gasteiger partial charge on any atom is -0.366 e. The molecule has 0 saturated heterocycles. The van der Waals surface area contributed by atoms with Gasteiger partial charge in [-0.15, -0.1) is 0 Å². The Morgan fingerprint density at radius 1 is 1.21 bits per heavy atom. The van der Waals surface area contributed by atoms with E-state index >= 15 is 0 Å². The Balaban J connectivity index is 2.16. The van der Waals surface area contributed by atoms with E-state index in [4.69, 9.17) is 5.41 Å². The summed E-state index contributed by atoms with van der Waals surface area (Å²) in [6, 6.07) is 8.53. The van der Waals surface area contributed by atoms with E-state index in [1.807, 2.05) is 19.0 Å². The maximum Gasteiger partial charge on any atom is 0.0991 e. The Morgan fingerprint density at radius 3 is 2.14 bits per heavy atom. The maximum atomic E-state index is 7.94. The van der Waals surface area contributed by atoms with E-state index in [1.54, 1.807) is 0 Å². The van der Waals surface area contributed by atoms with Gasteiger partial charge in [-0.1, -0.05) is 24.3 Å². The Kier molecular flexibility index (Phi) is 2.28. The summed E-state index contributed by atoms with van der Waals surface area (Å²) in [4.78, 5) is 1.91. The highest BCUT2D eigenvalue weighted by Crippen LogP contribution is 2.27. The van der Waals surface area contributed by atoms with Crippen molar-refractivity contribution in [2.24, 2.45) is 5.92 Å². The first kappa shape index (κ1) is 9.25. The predicted molar refractivity (Wildman–Crippen MR) is 58.8 cm³/mol. The fourth-order valence-corrected chi connectivity index (χ4v) is 2.12. The largest absolute Gasteiger partial charge is 0.366 e. The van der Waals surface area contributed by atoms with Gasteiger partial charge in [0.15, 0.2) is 0 Å². The van der Waals surface area contributed by atoms with Crippen molar-refractivity contribution in [2.45, 2.75) is 12.8 Å². The minimum absolute atomic E-state index is 0.391. The van der Waals surface area contributed by atoms with Gasteiger partial charge in [-0.25, -0.2) is 0 Å². The first-order chi connectivity index (χ1) is 6.68. The van der Waals surface area contributed by atoms with Gasteiger partial charge in [-0.05, 0) is 24.0 Å². The zero-order valence-corrected chi connectivity index (χ0v) is 8.75. The number of hydrogen-bond donors (Lipinski definition) is 1. The average molecular weight is 188 g/mol. The molecule has 0 aromatic heterocycles. The summed E-state index contributed by atoms with van der Waals surface area (Å²) in [5.41, 5.74) is 2.84. The molecule has 1 aliphatic rings. The van der Waals surface area contributed by atoms with E-state index in [2.05, 4.69) is 24.3 Å². The number of hydrogen-bond acceptors (Lipinski definition) is 1. The minimum atomic E-state index is 0.391. The summed E-state index contributed by atoms with van der Waals surface area (Å²) in [7, 11) is 3.90. The van der Waals surface area contributed by atoms with Gasteiger partial charge in [-0.3, -0.25) is 5.41 Å². The third-order valence-electron chi connectivity index (χ3n) is 2.92. The second-order valence-electron chi connectivity index (χ2n) is 4.15. The molecule has 0 saturated carbocycles. The number of nitrogens with zero attached hydrogens (tertiary/aromatic N) is 1. The molecule has 0 heterocycles. The fraction of sp³-hybridized carbons (Fsp3) is 0.417.